The molecule has 3 aromatic rings. The molecule has 0 radical (unpaired) electrons. The molecule has 292 valence electrons. The number of carbonyl (C=O) groups is 4. The van der Waals surface area contributed by atoms with E-state index in [4.69, 9.17) is 9.47 Å². The summed E-state index contributed by atoms with van der Waals surface area (Å²) in [6.45, 7) is 6.94. The van der Waals surface area contributed by atoms with E-state index in [2.05, 4.69) is 35.7 Å². The Kier molecular flexibility index (Phi) is 12.5. The first-order valence-corrected chi connectivity index (χ1v) is 20.0. The lowest BCUT2D eigenvalue weighted by Crippen LogP contribution is -2.56. The Hall–Kier alpha value is -4.84. The van der Waals surface area contributed by atoms with Crippen molar-refractivity contribution in [2.75, 3.05) is 13.2 Å². The summed E-state index contributed by atoms with van der Waals surface area (Å²) >= 11 is 2.21. The molecule has 1 aliphatic carbocycles. The number of allylic oxidation sites excluding steroid dienone is 1. The minimum atomic E-state index is -1.28. The quantitative estimate of drug-likeness (QED) is 0.188. The van der Waals surface area contributed by atoms with Crippen LogP contribution in [0.15, 0.2) is 80.2 Å². The van der Waals surface area contributed by atoms with E-state index < -0.39 is 58.7 Å². The second-order valence-electron chi connectivity index (χ2n) is 14.5. The molecule has 3 aliphatic rings. The Labute approximate surface area is 327 Å². The number of hydrogen-bond donors (Lipinski definition) is 2. The summed E-state index contributed by atoms with van der Waals surface area (Å²) in [6, 6.07) is 0.458. The summed E-state index contributed by atoms with van der Waals surface area (Å²) in [7, 11) is 0. The SMILES string of the molecule is CCOC(=O)[C@@]12C[C@H]1C=CCCCCC[C@H](NC(=O)OC(C)(C)C)C(=O)N1C[C@H](n3ncc(Sc4ncccn4)c(Sc4ncccn4)c3=O)C[C@H]1C(=O)N2. The van der Waals surface area contributed by atoms with Crippen molar-refractivity contribution in [3.63, 3.8) is 0 Å². The second-order valence-corrected chi connectivity index (χ2v) is 16.5. The predicted octanol–water partition coefficient (Wildman–Crippen LogP) is 4.12. The number of rotatable bonds is 8. The zero-order valence-electron chi connectivity index (χ0n) is 31.2. The van der Waals surface area contributed by atoms with Crippen LogP contribution >= 0.6 is 23.5 Å². The number of amides is 3. The molecule has 2 fully saturated rings. The molecule has 0 spiro atoms. The van der Waals surface area contributed by atoms with E-state index >= 15 is 0 Å². The fourth-order valence-corrected chi connectivity index (χ4v) is 8.38. The van der Waals surface area contributed by atoms with Crippen LogP contribution in [0, 0.1) is 5.92 Å². The normalized spacial score (nSPS) is 24.4. The van der Waals surface area contributed by atoms with Crippen LogP contribution in [-0.2, 0) is 23.9 Å². The van der Waals surface area contributed by atoms with Crippen LogP contribution in [-0.4, -0.2) is 94.9 Å². The van der Waals surface area contributed by atoms with Crippen molar-refractivity contribution < 1.29 is 28.7 Å². The van der Waals surface area contributed by atoms with Gasteiger partial charge in [-0.05, 0) is 89.0 Å². The number of aromatic nitrogens is 6. The maximum absolute atomic E-state index is 14.6. The largest absolute Gasteiger partial charge is 0.464 e. The third kappa shape index (κ3) is 9.70. The van der Waals surface area contributed by atoms with E-state index in [-0.39, 0.29) is 30.4 Å². The lowest BCUT2D eigenvalue weighted by Gasteiger charge is -2.30. The maximum Gasteiger partial charge on any atom is 0.408 e. The van der Waals surface area contributed by atoms with Gasteiger partial charge >= 0.3 is 12.1 Å². The van der Waals surface area contributed by atoms with Crippen LogP contribution in [0.1, 0.15) is 78.7 Å². The fourth-order valence-electron chi connectivity index (χ4n) is 6.68. The number of nitrogens with one attached hydrogen (secondary N) is 2. The summed E-state index contributed by atoms with van der Waals surface area (Å²) in [4.78, 5) is 89.0. The summed E-state index contributed by atoms with van der Waals surface area (Å²) in [5, 5.41) is 11.0. The Morgan fingerprint density at radius 3 is 2.36 bits per heavy atom. The first-order chi connectivity index (χ1) is 26.4. The molecule has 1 saturated carbocycles. The molecule has 0 aromatic carbocycles. The molecule has 1 saturated heterocycles. The topological polar surface area (TPSA) is 200 Å². The first kappa shape index (κ1) is 39.8. The van der Waals surface area contributed by atoms with Crippen LogP contribution in [0.4, 0.5) is 4.79 Å². The molecule has 3 amide bonds. The van der Waals surface area contributed by atoms with Crippen LogP contribution in [0.5, 0.6) is 0 Å². The van der Waals surface area contributed by atoms with Crippen molar-refractivity contribution in [1.82, 2.24) is 45.2 Å². The molecular weight excluding hydrogens is 747 g/mol. The third-order valence-electron chi connectivity index (χ3n) is 9.34. The Morgan fingerprint density at radius 2 is 1.69 bits per heavy atom. The standard InChI is InChI=1S/C37H45N9O7S2/c1-5-52-32(50)37-20-23(37)13-9-7-6-8-10-14-25(43-35(51)53-36(2,3)4)30(48)45-22-24(19-26(45)29(47)44-37)46-31(49)28(55-34-40-17-12-18-41-34)27(21-42-46)54-33-38-15-11-16-39-33/h9,11-13,15-18,21,23-26H,5-8,10,14,19-20,22H2,1-4H3,(H,43,51)(H,44,47)/t23-,24-,25+,26+,37-/m1/s1. The van der Waals surface area contributed by atoms with Gasteiger partial charge in [-0.2, -0.15) is 5.10 Å². The van der Waals surface area contributed by atoms with Crippen LogP contribution in [0.25, 0.3) is 0 Å². The Morgan fingerprint density at radius 1 is 1.00 bits per heavy atom. The molecule has 2 aliphatic heterocycles. The zero-order valence-corrected chi connectivity index (χ0v) is 32.8. The van der Waals surface area contributed by atoms with Crippen molar-refractivity contribution in [2.45, 2.75) is 122 Å². The Bertz CT molecular complexity index is 1960. The Balaban J connectivity index is 1.37. The van der Waals surface area contributed by atoms with E-state index in [9.17, 15) is 24.0 Å². The first-order valence-electron chi connectivity index (χ1n) is 18.4. The van der Waals surface area contributed by atoms with Crippen LogP contribution < -0.4 is 16.2 Å². The number of hydrogen-bond acceptors (Lipinski definition) is 14. The molecule has 5 heterocycles. The average molecular weight is 792 g/mol. The summed E-state index contributed by atoms with van der Waals surface area (Å²) in [5.74, 6) is -1.89. The van der Waals surface area contributed by atoms with E-state index in [0.29, 0.717) is 34.5 Å². The molecule has 0 unspecified atom stereocenters. The van der Waals surface area contributed by atoms with Gasteiger partial charge in [0, 0.05) is 43.7 Å². The summed E-state index contributed by atoms with van der Waals surface area (Å²) in [5.41, 5.74) is -2.58. The minimum absolute atomic E-state index is 0.00325. The summed E-state index contributed by atoms with van der Waals surface area (Å²) in [6.07, 6.45) is 14.7. The highest BCUT2D eigenvalue weighted by Gasteiger charge is 2.62. The van der Waals surface area contributed by atoms with E-state index in [1.807, 2.05) is 12.2 Å². The molecule has 2 N–H and O–H groups in total. The lowest BCUT2D eigenvalue weighted by atomic mass is 10.0. The van der Waals surface area contributed by atoms with E-state index in [1.165, 1.54) is 15.8 Å². The monoisotopic (exact) mass is 791 g/mol. The van der Waals surface area contributed by atoms with Gasteiger partial charge in [0.1, 0.15) is 23.2 Å². The molecule has 0 bridgehead atoms. The van der Waals surface area contributed by atoms with Gasteiger partial charge < -0.3 is 25.0 Å². The predicted molar refractivity (Wildman–Crippen MR) is 201 cm³/mol. The molecule has 6 rings (SSSR count). The molecule has 16 nitrogen and oxygen atoms in total. The van der Waals surface area contributed by atoms with Crippen LogP contribution in [0.3, 0.4) is 0 Å². The third-order valence-corrected chi connectivity index (χ3v) is 11.4. The van der Waals surface area contributed by atoms with Gasteiger partial charge in [0.25, 0.3) is 5.56 Å². The van der Waals surface area contributed by atoms with E-state index in [0.717, 1.165) is 42.8 Å². The zero-order chi connectivity index (χ0) is 39.2. The number of nitrogens with zero attached hydrogens (tertiary/aromatic N) is 7. The number of fused-ring (bicyclic) bond motifs is 2. The highest BCUT2D eigenvalue weighted by Crippen LogP contribution is 2.46. The fraction of sp³-hybridized carbons (Fsp3) is 0.514. The van der Waals surface area contributed by atoms with Crippen molar-refractivity contribution in [2.24, 2.45) is 5.92 Å². The number of esters is 1. The van der Waals surface area contributed by atoms with Gasteiger partial charge in [-0.15, -0.1) is 0 Å². The lowest BCUT2D eigenvalue weighted by molar-refractivity contribution is -0.150. The van der Waals surface area contributed by atoms with Crippen molar-refractivity contribution in [3.8, 4) is 0 Å². The average Bonchev–Trinajstić information content (AvgIpc) is 3.66. The molecule has 3 aromatic heterocycles. The van der Waals surface area contributed by atoms with Gasteiger partial charge in [-0.1, -0.05) is 25.0 Å². The second kappa shape index (κ2) is 17.3. The van der Waals surface area contributed by atoms with Crippen molar-refractivity contribution in [3.05, 3.63) is 65.6 Å². The van der Waals surface area contributed by atoms with E-state index in [1.54, 1.807) is 64.6 Å². The van der Waals surface area contributed by atoms with Gasteiger partial charge in [0.05, 0.1) is 28.6 Å². The number of carbonyl (C=O) groups excluding carboxylic acids is 4. The van der Waals surface area contributed by atoms with Gasteiger partial charge in [-0.3, -0.25) is 14.4 Å². The molecule has 55 heavy (non-hydrogen) atoms. The minimum Gasteiger partial charge on any atom is -0.464 e. The van der Waals surface area contributed by atoms with Crippen molar-refractivity contribution in [1.29, 1.82) is 0 Å². The van der Waals surface area contributed by atoms with Crippen molar-refractivity contribution >= 4 is 47.4 Å². The number of alkyl carbamates (subject to hydrolysis) is 1. The molecule has 5 atom stereocenters. The highest BCUT2D eigenvalue weighted by molar-refractivity contribution is 8.02. The molecule has 18 heteroatoms. The maximum atomic E-state index is 14.6. The van der Waals surface area contributed by atoms with Gasteiger partial charge in [0.2, 0.25) is 11.8 Å². The van der Waals surface area contributed by atoms with Gasteiger partial charge in [0.15, 0.2) is 10.3 Å². The molecular formula is C37H45N9O7S2. The number of ether oxygens (including phenoxy) is 2. The highest BCUT2D eigenvalue weighted by atomic mass is 32.2. The smallest absolute Gasteiger partial charge is 0.408 e. The van der Waals surface area contributed by atoms with Crippen LogP contribution in [0.2, 0.25) is 0 Å². The van der Waals surface area contributed by atoms with Gasteiger partial charge in [-0.25, -0.2) is 34.2 Å². The summed E-state index contributed by atoms with van der Waals surface area (Å²) < 4.78 is 12.2.